The van der Waals surface area contributed by atoms with E-state index in [1.165, 1.54) is 30.5 Å². The molecule has 0 aliphatic carbocycles. The molecule has 1 atom stereocenters. The molecule has 0 aromatic carbocycles. The lowest BCUT2D eigenvalue weighted by Crippen LogP contribution is -2.26. The maximum atomic E-state index is 4.45. The van der Waals surface area contributed by atoms with E-state index in [4.69, 9.17) is 0 Å². The lowest BCUT2D eigenvalue weighted by molar-refractivity contribution is 0.456. The third-order valence-corrected chi connectivity index (χ3v) is 3.70. The van der Waals surface area contributed by atoms with Crippen LogP contribution in [0.1, 0.15) is 57.0 Å². The molecule has 0 saturated carbocycles. The van der Waals surface area contributed by atoms with E-state index in [0.717, 1.165) is 18.2 Å². The smallest absolute Gasteiger partial charge is 0.0641 e. The summed E-state index contributed by atoms with van der Waals surface area (Å²) in [5, 5.41) is 8.06. The highest BCUT2D eigenvalue weighted by Crippen LogP contribution is 2.13. The summed E-state index contributed by atoms with van der Waals surface area (Å²) >= 11 is 0. The Bertz CT molecular complexity index is 366. The van der Waals surface area contributed by atoms with Crippen LogP contribution < -0.4 is 5.32 Å². The molecule has 18 heavy (non-hydrogen) atoms. The number of rotatable bonds is 7. The quantitative estimate of drug-likeness (QED) is 0.805. The molecule has 3 nitrogen and oxygen atoms in total. The molecule has 1 heterocycles. The predicted octanol–water partition coefficient (Wildman–Crippen LogP) is 3.34. The van der Waals surface area contributed by atoms with Gasteiger partial charge in [-0.3, -0.25) is 4.68 Å². The molecule has 1 N–H and O–H groups in total. The molecule has 104 valence electrons. The molecule has 0 fully saturated rings. The molecule has 1 rings (SSSR count). The number of nitrogens with zero attached hydrogens (tertiary/aromatic N) is 2. The highest BCUT2D eigenvalue weighted by molar-refractivity contribution is 5.24. The first-order valence-electron chi connectivity index (χ1n) is 7.14. The summed E-state index contributed by atoms with van der Waals surface area (Å²) in [5.41, 5.74) is 3.78. The zero-order chi connectivity index (χ0) is 13.7. The van der Waals surface area contributed by atoms with Crippen LogP contribution in [0.2, 0.25) is 0 Å². The molecule has 1 aromatic heterocycles. The molecule has 0 aliphatic heterocycles. The summed E-state index contributed by atoms with van der Waals surface area (Å²) in [7, 11) is 2.01. The van der Waals surface area contributed by atoms with Crippen LogP contribution in [0.25, 0.3) is 0 Å². The monoisotopic (exact) mass is 251 g/mol. The molecular formula is C15H29N3. The molecule has 0 amide bonds. The van der Waals surface area contributed by atoms with Crippen LogP contribution in [0.3, 0.4) is 0 Å². The molecule has 0 bridgehead atoms. The van der Waals surface area contributed by atoms with Gasteiger partial charge in [-0.05, 0) is 33.1 Å². The zero-order valence-electron chi connectivity index (χ0n) is 12.9. The summed E-state index contributed by atoms with van der Waals surface area (Å²) in [6.45, 7) is 12.0. The van der Waals surface area contributed by atoms with Gasteiger partial charge in [0.1, 0.15) is 0 Å². The second kappa shape index (κ2) is 6.93. The van der Waals surface area contributed by atoms with Crippen molar-refractivity contribution in [3.05, 3.63) is 17.0 Å². The van der Waals surface area contributed by atoms with Crippen molar-refractivity contribution in [2.24, 2.45) is 13.0 Å². The van der Waals surface area contributed by atoms with E-state index >= 15 is 0 Å². The highest BCUT2D eigenvalue weighted by Gasteiger charge is 2.10. The van der Waals surface area contributed by atoms with E-state index in [0.29, 0.717) is 6.04 Å². The first-order chi connectivity index (χ1) is 8.41. The Morgan fingerprint density at radius 3 is 2.33 bits per heavy atom. The maximum Gasteiger partial charge on any atom is 0.0641 e. The van der Waals surface area contributed by atoms with E-state index in [1.54, 1.807) is 0 Å². The standard InChI is InChI=1S/C15H29N3/c1-11(2)8-7-9-12(3)16-10-15-13(4)17-18(6)14(15)5/h11-12,16H,7-10H2,1-6H3. The van der Waals surface area contributed by atoms with E-state index in [9.17, 15) is 0 Å². The van der Waals surface area contributed by atoms with Crippen LogP contribution in [-0.2, 0) is 13.6 Å². The first-order valence-corrected chi connectivity index (χ1v) is 7.14. The third-order valence-electron chi connectivity index (χ3n) is 3.70. The summed E-state index contributed by atoms with van der Waals surface area (Å²) in [5.74, 6) is 0.819. The number of nitrogens with one attached hydrogen (secondary N) is 1. The number of hydrogen-bond donors (Lipinski definition) is 1. The van der Waals surface area contributed by atoms with Crippen LogP contribution in [0.4, 0.5) is 0 Å². The Morgan fingerprint density at radius 2 is 1.83 bits per heavy atom. The Balaban J connectivity index is 2.36. The number of aromatic nitrogens is 2. The molecule has 1 aromatic rings. The third kappa shape index (κ3) is 4.45. The van der Waals surface area contributed by atoms with Gasteiger partial charge < -0.3 is 5.32 Å². The van der Waals surface area contributed by atoms with Crippen molar-refractivity contribution < 1.29 is 0 Å². The fraction of sp³-hybridized carbons (Fsp3) is 0.800. The van der Waals surface area contributed by atoms with Gasteiger partial charge in [0.05, 0.1) is 5.69 Å². The summed E-state index contributed by atoms with van der Waals surface area (Å²) in [6, 6.07) is 0.586. The van der Waals surface area contributed by atoms with Gasteiger partial charge in [-0.1, -0.05) is 26.7 Å². The lowest BCUT2D eigenvalue weighted by Gasteiger charge is -2.14. The Kier molecular flexibility index (Phi) is 5.86. The maximum absolute atomic E-state index is 4.45. The van der Waals surface area contributed by atoms with Gasteiger partial charge in [-0.2, -0.15) is 5.10 Å². The average Bonchev–Trinajstić information content (AvgIpc) is 2.50. The van der Waals surface area contributed by atoms with E-state index in [1.807, 2.05) is 11.7 Å². The minimum atomic E-state index is 0.586. The van der Waals surface area contributed by atoms with Crippen molar-refractivity contribution in [3.8, 4) is 0 Å². The molecule has 0 saturated heterocycles. The predicted molar refractivity (Wildman–Crippen MR) is 77.7 cm³/mol. The topological polar surface area (TPSA) is 29.9 Å². The van der Waals surface area contributed by atoms with Crippen LogP contribution in [0.5, 0.6) is 0 Å². The van der Waals surface area contributed by atoms with Crippen molar-refractivity contribution in [1.82, 2.24) is 15.1 Å². The minimum Gasteiger partial charge on any atom is -0.310 e. The molecule has 0 spiro atoms. The normalized spacial score (nSPS) is 13.3. The van der Waals surface area contributed by atoms with Gasteiger partial charge in [-0.15, -0.1) is 0 Å². The van der Waals surface area contributed by atoms with Crippen molar-refractivity contribution in [1.29, 1.82) is 0 Å². The Morgan fingerprint density at radius 1 is 1.17 bits per heavy atom. The second-order valence-corrected chi connectivity index (χ2v) is 5.88. The number of aryl methyl sites for hydroxylation is 2. The molecular weight excluding hydrogens is 222 g/mol. The van der Waals surface area contributed by atoms with Gasteiger partial charge in [-0.25, -0.2) is 0 Å². The van der Waals surface area contributed by atoms with Gasteiger partial charge >= 0.3 is 0 Å². The van der Waals surface area contributed by atoms with Crippen LogP contribution in [0.15, 0.2) is 0 Å². The summed E-state index contributed by atoms with van der Waals surface area (Å²) in [6.07, 6.45) is 3.91. The summed E-state index contributed by atoms with van der Waals surface area (Å²) < 4.78 is 1.97. The molecule has 0 aliphatic rings. The molecule has 1 unspecified atom stereocenters. The Hall–Kier alpha value is -0.830. The van der Waals surface area contributed by atoms with Crippen molar-refractivity contribution >= 4 is 0 Å². The SMILES string of the molecule is Cc1nn(C)c(C)c1CNC(C)CCCC(C)C. The lowest BCUT2D eigenvalue weighted by atomic mass is 10.0. The summed E-state index contributed by atoms with van der Waals surface area (Å²) in [4.78, 5) is 0. The minimum absolute atomic E-state index is 0.586. The van der Waals surface area contributed by atoms with Gasteiger partial charge in [0.15, 0.2) is 0 Å². The zero-order valence-corrected chi connectivity index (χ0v) is 12.9. The van der Waals surface area contributed by atoms with Gasteiger partial charge in [0.25, 0.3) is 0 Å². The van der Waals surface area contributed by atoms with Crippen molar-refractivity contribution in [3.63, 3.8) is 0 Å². The second-order valence-electron chi connectivity index (χ2n) is 5.88. The average molecular weight is 251 g/mol. The van der Waals surface area contributed by atoms with Crippen molar-refractivity contribution in [2.75, 3.05) is 0 Å². The number of hydrogen-bond acceptors (Lipinski definition) is 2. The van der Waals surface area contributed by atoms with Crippen LogP contribution >= 0.6 is 0 Å². The van der Waals surface area contributed by atoms with E-state index in [-0.39, 0.29) is 0 Å². The highest BCUT2D eigenvalue weighted by atomic mass is 15.3. The largest absolute Gasteiger partial charge is 0.310 e. The van der Waals surface area contributed by atoms with E-state index < -0.39 is 0 Å². The fourth-order valence-corrected chi connectivity index (χ4v) is 2.28. The van der Waals surface area contributed by atoms with Crippen LogP contribution in [0, 0.1) is 19.8 Å². The van der Waals surface area contributed by atoms with Crippen LogP contribution in [-0.4, -0.2) is 15.8 Å². The first kappa shape index (κ1) is 15.2. The molecule has 0 radical (unpaired) electrons. The van der Waals surface area contributed by atoms with E-state index in [2.05, 4.69) is 45.0 Å². The Labute approximate surface area is 112 Å². The van der Waals surface area contributed by atoms with Crippen molar-refractivity contribution in [2.45, 2.75) is 66.5 Å². The van der Waals surface area contributed by atoms with Gasteiger partial charge in [0, 0.05) is 30.9 Å². The fourth-order valence-electron chi connectivity index (χ4n) is 2.28. The molecule has 3 heteroatoms. The van der Waals surface area contributed by atoms with Gasteiger partial charge in [0.2, 0.25) is 0 Å².